The van der Waals surface area contributed by atoms with Gasteiger partial charge in [-0.25, -0.2) is 4.98 Å². The molecule has 0 spiro atoms. The molecule has 2 N–H and O–H groups in total. The molecule has 2 nitrogen and oxygen atoms in total. The Morgan fingerprint density at radius 3 is 3.00 bits per heavy atom. The van der Waals surface area contributed by atoms with Gasteiger partial charge < -0.3 is 5.73 Å². The Morgan fingerprint density at radius 2 is 2.60 bits per heavy atom. The van der Waals surface area contributed by atoms with E-state index >= 15 is 0 Å². The van der Waals surface area contributed by atoms with Crippen molar-refractivity contribution in [1.82, 2.24) is 4.98 Å². The summed E-state index contributed by atoms with van der Waals surface area (Å²) in [6.45, 7) is 1.98. The van der Waals surface area contributed by atoms with Gasteiger partial charge in [-0.05, 0) is 22.9 Å². The van der Waals surface area contributed by atoms with Gasteiger partial charge in [0.2, 0.25) is 0 Å². The van der Waals surface area contributed by atoms with Crippen molar-refractivity contribution in [1.29, 1.82) is 0 Å². The van der Waals surface area contributed by atoms with Crippen molar-refractivity contribution in [2.24, 2.45) is 5.73 Å². The number of hydrogen-bond donors (Lipinski definition) is 1. The third kappa shape index (κ3) is 2.36. The van der Waals surface area contributed by atoms with Crippen molar-refractivity contribution in [2.75, 3.05) is 0 Å². The zero-order chi connectivity index (χ0) is 7.56. The minimum absolute atomic E-state index is 0.207. The average molecular weight is 221 g/mol. The minimum Gasteiger partial charge on any atom is -0.328 e. The summed E-state index contributed by atoms with van der Waals surface area (Å²) in [7, 11) is 0. The maximum absolute atomic E-state index is 5.59. The lowest BCUT2D eigenvalue weighted by Gasteiger charge is -1.98. The zero-order valence-electron chi connectivity index (χ0n) is 5.67. The van der Waals surface area contributed by atoms with E-state index in [4.69, 9.17) is 5.73 Å². The van der Waals surface area contributed by atoms with Crippen molar-refractivity contribution in [3.63, 3.8) is 0 Å². The molecule has 10 heavy (non-hydrogen) atoms. The summed E-state index contributed by atoms with van der Waals surface area (Å²) in [4.78, 5) is 4.15. The van der Waals surface area contributed by atoms with E-state index in [1.165, 1.54) is 0 Å². The van der Waals surface area contributed by atoms with Crippen molar-refractivity contribution in [3.05, 3.63) is 15.0 Å². The highest BCUT2D eigenvalue weighted by atomic mass is 79.9. The number of hydrogen-bond acceptors (Lipinski definition) is 3. The fourth-order valence-corrected chi connectivity index (χ4v) is 2.10. The molecule has 0 bridgehead atoms. The van der Waals surface area contributed by atoms with Crippen molar-refractivity contribution in [3.8, 4) is 0 Å². The molecule has 56 valence electrons. The maximum atomic E-state index is 5.59. The Kier molecular flexibility index (Phi) is 2.82. The predicted octanol–water partition coefficient (Wildman–Crippen LogP) is 1.80. The SMILES string of the molecule is C[C@H](N)Cc1ncc(Br)s1. The van der Waals surface area contributed by atoms with Crippen molar-refractivity contribution < 1.29 is 0 Å². The number of halogens is 1. The first-order valence-electron chi connectivity index (χ1n) is 3.04. The van der Waals surface area contributed by atoms with E-state index in [9.17, 15) is 0 Å². The molecule has 1 aromatic heterocycles. The fraction of sp³-hybridized carbons (Fsp3) is 0.500. The normalized spacial score (nSPS) is 13.5. The number of rotatable bonds is 2. The summed E-state index contributed by atoms with van der Waals surface area (Å²) in [6, 6.07) is 0.207. The molecule has 1 heterocycles. The van der Waals surface area contributed by atoms with E-state index in [1.807, 2.05) is 13.1 Å². The topological polar surface area (TPSA) is 38.9 Å². The molecule has 0 unspecified atom stereocenters. The Morgan fingerprint density at radius 1 is 1.90 bits per heavy atom. The van der Waals surface area contributed by atoms with E-state index in [0.717, 1.165) is 15.2 Å². The average Bonchev–Trinajstić information content (AvgIpc) is 2.13. The van der Waals surface area contributed by atoms with Crippen LogP contribution in [0.1, 0.15) is 11.9 Å². The van der Waals surface area contributed by atoms with Gasteiger partial charge in [0.05, 0.1) is 15.0 Å². The van der Waals surface area contributed by atoms with E-state index in [-0.39, 0.29) is 6.04 Å². The zero-order valence-corrected chi connectivity index (χ0v) is 8.08. The van der Waals surface area contributed by atoms with Gasteiger partial charge in [-0.3, -0.25) is 0 Å². The quantitative estimate of drug-likeness (QED) is 0.826. The van der Waals surface area contributed by atoms with Gasteiger partial charge in [-0.2, -0.15) is 0 Å². The van der Waals surface area contributed by atoms with Crippen LogP contribution in [0, 0.1) is 0 Å². The predicted molar refractivity (Wildman–Crippen MR) is 47.2 cm³/mol. The lowest BCUT2D eigenvalue weighted by Crippen LogP contribution is -2.17. The summed E-state index contributed by atoms with van der Waals surface area (Å²) < 4.78 is 1.07. The molecule has 4 heteroatoms. The summed E-state index contributed by atoms with van der Waals surface area (Å²) in [5, 5.41) is 1.10. The van der Waals surface area contributed by atoms with E-state index < -0.39 is 0 Å². The Labute approximate surface area is 72.6 Å². The summed E-state index contributed by atoms with van der Waals surface area (Å²) in [6.07, 6.45) is 2.68. The van der Waals surface area contributed by atoms with Gasteiger partial charge in [0.15, 0.2) is 0 Å². The highest BCUT2D eigenvalue weighted by Crippen LogP contribution is 2.19. The van der Waals surface area contributed by atoms with Crippen LogP contribution < -0.4 is 5.73 Å². The molecule has 1 atom stereocenters. The van der Waals surface area contributed by atoms with Gasteiger partial charge in [-0.15, -0.1) is 11.3 Å². The molecular formula is C6H9BrN2S. The second kappa shape index (κ2) is 3.46. The molecule has 0 aliphatic rings. The first kappa shape index (κ1) is 8.17. The maximum Gasteiger partial charge on any atom is 0.0952 e. The van der Waals surface area contributed by atoms with E-state index in [1.54, 1.807) is 11.3 Å². The van der Waals surface area contributed by atoms with Crippen molar-refractivity contribution in [2.45, 2.75) is 19.4 Å². The van der Waals surface area contributed by atoms with E-state index in [2.05, 4.69) is 20.9 Å². The smallest absolute Gasteiger partial charge is 0.0952 e. The van der Waals surface area contributed by atoms with Crippen LogP contribution in [0.5, 0.6) is 0 Å². The Hall–Kier alpha value is 0.0700. The molecular weight excluding hydrogens is 212 g/mol. The molecule has 0 aliphatic carbocycles. The Balaban J connectivity index is 2.58. The highest BCUT2D eigenvalue weighted by molar-refractivity contribution is 9.11. The number of thiazole rings is 1. The molecule has 1 rings (SSSR count). The summed E-state index contributed by atoms with van der Waals surface area (Å²) in [5.74, 6) is 0. The van der Waals surface area contributed by atoms with Gasteiger partial charge in [0, 0.05) is 12.5 Å². The third-order valence-electron chi connectivity index (χ3n) is 1.02. The largest absolute Gasteiger partial charge is 0.328 e. The molecule has 1 aromatic rings. The first-order chi connectivity index (χ1) is 4.68. The Bertz CT molecular complexity index is 209. The first-order valence-corrected chi connectivity index (χ1v) is 4.65. The molecule has 0 aromatic carbocycles. The van der Waals surface area contributed by atoms with Crippen LogP contribution in [0.3, 0.4) is 0 Å². The summed E-state index contributed by atoms with van der Waals surface area (Å²) in [5.41, 5.74) is 5.59. The molecule has 0 aliphatic heterocycles. The summed E-state index contributed by atoms with van der Waals surface area (Å²) >= 11 is 4.98. The van der Waals surface area contributed by atoms with Crippen LogP contribution >= 0.6 is 27.3 Å². The van der Waals surface area contributed by atoms with Crippen LogP contribution in [0.15, 0.2) is 9.98 Å². The van der Waals surface area contributed by atoms with Gasteiger partial charge in [0.1, 0.15) is 0 Å². The molecule has 0 fully saturated rings. The number of nitrogens with zero attached hydrogens (tertiary/aromatic N) is 1. The number of aromatic nitrogens is 1. The van der Waals surface area contributed by atoms with Crippen molar-refractivity contribution >= 4 is 27.3 Å². The lowest BCUT2D eigenvalue weighted by atomic mass is 10.3. The molecule has 0 radical (unpaired) electrons. The monoisotopic (exact) mass is 220 g/mol. The van der Waals surface area contributed by atoms with Gasteiger partial charge >= 0.3 is 0 Å². The second-order valence-electron chi connectivity index (χ2n) is 2.24. The second-order valence-corrected chi connectivity index (χ2v) is 4.73. The van der Waals surface area contributed by atoms with Crippen LogP contribution in [0.25, 0.3) is 0 Å². The van der Waals surface area contributed by atoms with Crippen LogP contribution in [0.4, 0.5) is 0 Å². The molecule has 0 amide bonds. The molecule has 0 saturated carbocycles. The third-order valence-corrected chi connectivity index (χ3v) is 2.52. The lowest BCUT2D eigenvalue weighted by molar-refractivity contribution is 0.734. The van der Waals surface area contributed by atoms with Crippen LogP contribution in [-0.2, 0) is 6.42 Å². The minimum atomic E-state index is 0.207. The highest BCUT2D eigenvalue weighted by Gasteiger charge is 2.01. The molecule has 0 saturated heterocycles. The van der Waals surface area contributed by atoms with E-state index in [0.29, 0.717) is 0 Å². The van der Waals surface area contributed by atoms with Gasteiger partial charge in [-0.1, -0.05) is 0 Å². The van der Waals surface area contributed by atoms with Crippen LogP contribution in [-0.4, -0.2) is 11.0 Å². The number of nitrogens with two attached hydrogens (primary N) is 1. The fourth-order valence-electron chi connectivity index (χ4n) is 0.658. The standard InChI is InChI=1S/C6H9BrN2S/c1-4(8)2-6-9-3-5(7)10-6/h3-4H,2,8H2,1H3/t4-/m0/s1. The van der Waals surface area contributed by atoms with Crippen LogP contribution in [0.2, 0.25) is 0 Å². The van der Waals surface area contributed by atoms with Gasteiger partial charge in [0.25, 0.3) is 0 Å².